The van der Waals surface area contributed by atoms with Crippen molar-refractivity contribution in [3.05, 3.63) is 17.5 Å². The number of carbonyl (C=O) groups is 2. The highest BCUT2D eigenvalue weighted by Gasteiger charge is 2.26. The first-order valence-corrected chi connectivity index (χ1v) is 5.90. The quantitative estimate of drug-likeness (QED) is 0.818. The van der Waals surface area contributed by atoms with Crippen LogP contribution in [-0.2, 0) is 11.8 Å². The van der Waals surface area contributed by atoms with Gasteiger partial charge >= 0.3 is 5.97 Å². The lowest BCUT2D eigenvalue weighted by Gasteiger charge is -2.19. The molecule has 1 rings (SSSR count). The van der Waals surface area contributed by atoms with E-state index < -0.39 is 17.9 Å². The summed E-state index contributed by atoms with van der Waals surface area (Å²) in [7, 11) is 1.72. The molecule has 0 aliphatic heterocycles. The standard InChI is InChI=1S/C12H19N3O3/c1-5-7(2)10(12(17)18)13-11(16)9-6-15(4)14-8(9)3/h6-7,10H,5H2,1-4H3,(H,13,16)(H,17,18). The van der Waals surface area contributed by atoms with E-state index in [0.717, 1.165) is 0 Å². The summed E-state index contributed by atoms with van der Waals surface area (Å²) < 4.78 is 1.53. The zero-order valence-electron chi connectivity index (χ0n) is 11.1. The topological polar surface area (TPSA) is 84.2 Å². The Balaban J connectivity index is 2.85. The first kappa shape index (κ1) is 14.2. The molecule has 2 unspecified atom stereocenters. The van der Waals surface area contributed by atoms with E-state index >= 15 is 0 Å². The largest absolute Gasteiger partial charge is 0.480 e. The molecule has 1 heterocycles. The summed E-state index contributed by atoms with van der Waals surface area (Å²) in [5, 5.41) is 15.7. The second-order valence-electron chi connectivity index (χ2n) is 4.48. The van der Waals surface area contributed by atoms with Crippen LogP contribution in [0.25, 0.3) is 0 Å². The van der Waals surface area contributed by atoms with Gasteiger partial charge in [0.15, 0.2) is 0 Å². The number of carbonyl (C=O) groups excluding carboxylic acids is 1. The van der Waals surface area contributed by atoms with Crippen molar-refractivity contribution < 1.29 is 14.7 Å². The minimum atomic E-state index is -1.01. The molecule has 1 aromatic rings. The van der Waals surface area contributed by atoms with E-state index in [1.165, 1.54) is 4.68 Å². The van der Waals surface area contributed by atoms with Gasteiger partial charge in [-0.3, -0.25) is 9.48 Å². The third kappa shape index (κ3) is 3.09. The molecular formula is C12H19N3O3. The van der Waals surface area contributed by atoms with E-state index in [-0.39, 0.29) is 5.92 Å². The summed E-state index contributed by atoms with van der Waals surface area (Å²) in [4.78, 5) is 23.1. The zero-order chi connectivity index (χ0) is 13.9. The van der Waals surface area contributed by atoms with Gasteiger partial charge < -0.3 is 10.4 Å². The third-order valence-electron chi connectivity index (χ3n) is 3.02. The molecule has 2 N–H and O–H groups in total. The van der Waals surface area contributed by atoms with Crippen LogP contribution in [0.4, 0.5) is 0 Å². The average Bonchev–Trinajstić information content (AvgIpc) is 2.63. The molecule has 18 heavy (non-hydrogen) atoms. The maximum atomic E-state index is 12.0. The van der Waals surface area contributed by atoms with Gasteiger partial charge in [-0.15, -0.1) is 0 Å². The van der Waals surface area contributed by atoms with Gasteiger partial charge in [-0.25, -0.2) is 4.79 Å². The van der Waals surface area contributed by atoms with Gasteiger partial charge in [0.1, 0.15) is 6.04 Å². The Morgan fingerprint density at radius 3 is 2.56 bits per heavy atom. The predicted octanol–water partition coefficient (Wildman–Crippen LogP) is 0.958. The highest BCUT2D eigenvalue weighted by Crippen LogP contribution is 2.10. The minimum absolute atomic E-state index is 0.122. The van der Waals surface area contributed by atoms with Crippen LogP contribution in [0, 0.1) is 12.8 Å². The maximum absolute atomic E-state index is 12.0. The van der Waals surface area contributed by atoms with Gasteiger partial charge in [0.25, 0.3) is 5.91 Å². The Labute approximate surface area is 106 Å². The lowest BCUT2D eigenvalue weighted by molar-refractivity contribution is -0.140. The molecule has 2 atom stereocenters. The van der Waals surface area contributed by atoms with Crippen LogP contribution >= 0.6 is 0 Å². The Morgan fingerprint density at radius 1 is 1.56 bits per heavy atom. The molecule has 0 aliphatic rings. The third-order valence-corrected chi connectivity index (χ3v) is 3.02. The van der Waals surface area contributed by atoms with E-state index in [9.17, 15) is 9.59 Å². The highest BCUT2D eigenvalue weighted by molar-refractivity contribution is 5.97. The van der Waals surface area contributed by atoms with Gasteiger partial charge in [-0.05, 0) is 12.8 Å². The smallest absolute Gasteiger partial charge is 0.326 e. The number of rotatable bonds is 5. The fourth-order valence-electron chi connectivity index (χ4n) is 1.72. The van der Waals surface area contributed by atoms with Gasteiger partial charge in [-0.2, -0.15) is 5.10 Å². The molecule has 0 saturated heterocycles. The lowest BCUT2D eigenvalue weighted by atomic mass is 9.99. The van der Waals surface area contributed by atoms with Crippen molar-refractivity contribution in [2.45, 2.75) is 33.2 Å². The molecule has 1 amide bonds. The number of nitrogens with zero attached hydrogens (tertiary/aromatic N) is 2. The normalized spacial score (nSPS) is 14.0. The van der Waals surface area contributed by atoms with Gasteiger partial charge in [0.2, 0.25) is 0 Å². The van der Waals surface area contributed by atoms with E-state index in [4.69, 9.17) is 5.11 Å². The second kappa shape index (κ2) is 5.66. The fraction of sp³-hybridized carbons (Fsp3) is 0.583. The van der Waals surface area contributed by atoms with Crippen LogP contribution < -0.4 is 5.32 Å². The Bertz CT molecular complexity index is 453. The molecule has 6 heteroatoms. The van der Waals surface area contributed by atoms with Crippen LogP contribution in [0.3, 0.4) is 0 Å². The van der Waals surface area contributed by atoms with Gasteiger partial charge in [0, 0.05) is 13.2 Å². The molecule has 6 nitrogen and oxygen atoms in total. The number of hydrogen-bond acceptors (Lipinski definition) is 3. The number of amides is 1. The average molecular weight is 253 g/mol. The highest BCUT2D eigenvalue weighted by atomic mass is 16.4. The summed E-state index contributed by atoms with van der Waals surface area (Å²) in [6, 6.07) is -0.873. The van der Waals surface area contributed by atoms with Crippen molar-refractivity contribution in [2.75, 3.05) is 0 Å². The Morgan fingerprint density at radius 2 is 2.17 bits per heavy atom. The van der Waals surface area contributed by atoms with E-state index in [1.54, 1.807) is 27.1 Å². The van der Waals surface area contributed by atoms with Crippen LogP contribution in [0.2, 0.25) is 0 Å². The number of aryl methyl sites for hydroxylation is 2. The monoisotopic (exact) mass is 253 g/mol. The van der Waals surface area contributed by atoms with Crippen LogP contribution in [0.1, 0.15) is 36.3 Å². The van der Waals surface area contributed by atoms with Crippen LogP contribution in [0.5, 0.6) is 0 Å². The molecule has 1 aromatic heterocycles. The van der Waals surface area contributed by atoms with E-state index in [2.05, 4.69) is 10.4 Å². The SMILES string of the molecule is CCC(C)C(NC(=O)c1cn(C)nc1C)C(=O)O. The van der Waals surface area contributed by atoms with Crippen molar-refractivity contribution in [3.8, 4) is 0 Å². The van der Waals surface area contributed by atoms with Gasteiger partial charge in [-0.1, -0.05) is 20.3 Å². The molecular weight excluding hydrogens is 234 g/mol. The van der Waals surface area contributed by atoms with Crippen LogP contribution in [-0.4, -0.2) is 32.8 Å². The summed E-state index contributed by atoms with van der Waals surface area (Å²) in [6.07, 6.45) is 2.27. The number of hydrogen-bond donors (Lipinski definition) is 2. The van der Waals surface area contributed by atoms with E-state index in [0.29, 0.717) is 17.7 Å². The number of carboxylic acids is 1. The minimum Gasteiger partial charge on any atom is -0.480 e. The van der Waals surface area contributed by atoms with Crippen molar-refractivity contribution in [1.82, 2.24) is 15.1 Å². The van der Waals surface area contributed by atoms with Crippen molar-refractivity contribution >= 4 is 11.9 Å². The summed E-state index contributed by atoms with van der Waals surface area (Å²) in [6.45, 7) is 5.41. The van der Waals surface area contributed by atoms with Crippen molar-refractivity contribution in [1.29, 1.82) is 0 Å². The zero-order valence-corrected chi connectivity index (χ0v) is 11.1. The predicted molar refractivity (Wildman–Crippen MR) is 66.3 cm³/mol. The first-order valence-electron chi connectivity index (χ1n) is 5.90. The summed E-state index contributed by atoms with van der Waals surface area (Å²) in [5.74, 6) is -1.53. The molecule has 0 aliphatic carbocycles. The first-order chi connectivity index (χ1) is 8.36. The number of aliphatic carboxylic acids is 1. The number of carboxylic acid groups (broad SMARTS) is 1. The molecule has 0 radical (unpaired) electrons. The molecule has 0 spiro atoms. The Kier molecular flexibility index (Phi) is 4.47. The number of nitrogens with one attached hydrogen (secondary N) is 1. The molecule has 100 valence electrons. The van der Waals surface area contributed by atoms with Crippen LogP contribution in [0.15, 0.2) is 6.20 Å². The molecule has 0 aromatic carbocycles. The van der Waals surface area contributed by atoms with Crippen molar-refractivity contribution in [3.63, 3.8) is 0 Å². The van der Waals surface area contributed by atoms with Gasteiger partial charge in [0.05, 0.1) is 11.3 Å². The molecule has 0 fully saturated rings. The molecule has 0 bridgehead atoms. The maximum Gasteiger partial charge on any atom is 0.326 e. The fourth-order valence-corrected chi connectivity index (χ4v) is 1.72. The molecule has 0 saturated carbocycles. The summed E-state index contributed by atoms with van der Waals surface area (Å²) >= 11 is 0. The second-order valence-corrected chi connectivity index (χ2v) is 4.48. The van der Waals surface area contributed by atoms with E-state index in [1.807, 2.05) is 6.92 Å². The number of aromatic nitrogens is 2. The Hall–Kier alpha value is -1.85. The summed E-state index contributed by atoms with van der Waals surface area (Å²) in [5.41, 5.74) is 0.996. The lowest BCUT2D eigenvalue weighted by Crippen LogP contribution is -2.45. The van der Waals surface area contributed by atoms with Crippen molar-refractivity contribution in [2.24, 2.45) is 13.0 Å².